The monoisotopic (exact) mass is 254 g/mol. The van der Waals surface area contributed by atoms with Gasteiger partial charge in [-0.2, -0.15) is 0 Å². The predicted molar refractivity (Wildman–Crippen MR) is 78.8 cm³/mol. The molecule has 0 amide bonds. The smallest absolute Gasteiger partial charge is 0.0749 e. The molecule has 1 saturated heterocycles. The van der Waals surface area contributed by atoms with Crippen LogP contribution in [0.5, 0.6) is 0 Å². The molecule has 1 unspecified atom stereocenters. The minimum absolute atomic E-state index is 0.575. The van der Waals surface area contributed by atoms with E-state index in [1.807, 2.05) is 0 Å². The van der Waals surface area contributed by atoms with Gasteiger partial charge in [-0.05, 0) is 30.5 Å². The molecule has 0 bridgehead atoms. The molecule has 100 valence electrons. The lowest BCUT2D eigenvalue weighted by atomic mass is 10.0. The van der Waals surface area contributed by atoms with Gasteiger partial charge in [0.2, 0.25) is 0 Å². The van der Waals surface area contributed by atoms with E-state index in [0.29, 0.717) is 6.04 Å². The van der Waals surface area contributed by atoms with Gasteiger partial charge >= 0.3 is 0 Å². The second-order valence-electron chi connectivity index (χ2n) is 5.43. The highest BCUT2D eigenvalue weighted by Gasteiger charge is 2.22. The summed E-state index contributed by atoms with van der Waals surface area (Å²) in [6.07, 6.45) is 9.64. The third kappa shape index (κ3) is 3.07. The molecule has 2 aromatic rings. The molecule has 2 nitrogen and oxygen atoms in total. The Kier molecular flexibility index (Phi) is 3.99. The van der Waals surface area contributed by atoms with Crippen molar-refractivity contribution in [2.45, 2.75) is 38.4 Å². The van der Waals surface area contributed by atoms with Crippen molar-refractivity contribution in [3.8, 4) is 0 Å². The van der Waals surface area contributed by atoms with Crippen LogP contribution in [0.25, 0.3) is 0 Å². The van der Waals surface area contributed by atoms with Crippen LogP contribution in [0.15, 0.2) is 54.9 Å². The van der Waals surface area contributed by atoms with Gasteiger partial charge in [0.05, 0.1) is 6.67 Å². The molecule has 1 aromatic heterocycles. The van der Waals surface area contributed by atoms with E-state index in [1.54, 1.807) is 0 Å². The number of nitrogens with zero attached hydrogens (tertiary/aromatic N) is 2. The highest BCUT2D eigenvalue weighted by Crippen LogP contribution is 2.30. The summed E-state index contributed by atoms with van der Waals surface area (Å²) in [5.41, 5.74) is 1.47. The second-order valence-corrected chi connectivity index (χ2v) is 5.43. The quantitative estimate of drug-likeness (QED) is 0.802. The van der Waals surface area contributed by atoms with Crippen LogP contribution in [0.4, 0.5) is 0 Å². The molecule has 3 rings (SSSR count). The normalized spacial score (nSPS) is 21.2. The maximum absolute atomic E-state index is 2.63. The lowest BCUT2D eigenvalue weighted by Gasteiger charge is -2.30. The van der Waals surface area contributed by atoms with Crippen molar-refractivity contribution in [1.29, 1.82) is 0 Å². The van der Waals surface area contributed by atoms with E-state index in [0.717, 1.165) is 6.67 Å². The molecule has 1 aliphatic rings. The molecule has 2 heteroatoms. The van der Waals surface area contributed by atoms with Gasteiger partial charge in [0.25, 0.3) is 0 Å². The summed E-state index contributed by atoms with van der Waals surface area (Å²) in [7, 11) is 0. The zero-order chi connectivity index (χ0) is 12.9. The Morgan fingerprint density at radius 1 is 0.895 bits per heavy atom. The molecule has 19 heavy (non-hydrogen) atoms. The van der Waals surface area contributed by atoms with E-state index < -0.39 is 0 Å². The third-order valence-electron chi connectivity index (χ3n) is 4.06. The second kappa shape index (κ2) is 6.07. The molecule has 0 radical (unpaired) electrons. The van der Waals surface area contributed by atoms with Crippen molar-refractivity contribution in [3.63, 3.8) is 0 Å². The summed E-state index contributed by atoms with van der Waals surface area (Å²) < 4.78 is 2.28. The van der Waals surface area contributed by atoms with E-state index in [1.165, 1.54) is 37.8 Å². The first-order valence-electron chi connectivity index (χ1n) is 7.33. The van der Waals surface area contributed by atoms with E-state index in [4.69, 9.17) is 0 Å². The molecule has 0 spiro atoms. The SMILES string of the molecule is c1ccc(C2CCCCCN2Cn2cccc2)cc1. The largest absolute Gasteiger partial charge is 0.341 e. The number of rotatable bonds is 3. The van der Waals surface area contributed by atoms with E-state index in [9.17, 15) is 0 Å². The van der Waals surface area contributed by atoms with Gasteiger partial charge in [-0.15, -0.1) is 0 Å². The number of hydrogen-bond acceptors (Lipinski definition) is 1. The topological polar surface area (TPSA) is 8.17 Å². The number of benzene rings is 1. The minimum Gasteiger partial charge on any atom is -0.341 e. The summed E-state index contributed by atoms with van der Waals surface area (Å²) in [4.78, 5) is 2.63. The Labute approximate surface area is 115 Å². The van der Waals surface area contributed by atoms with Gasteiger partial charge in [-0.1, -0.05) is 43.2 Å². The number of aromatic nitrogens is 1. The fourth-order valence-electron chi connectivity index (χ4n) is 3.06. The van der Waals surface area contributed by atoms with Gasteiger partial charge in [0.1, 0.15) is 0 Å². The maximum Gasteiger partial charge on any atom is 0.0749 e. The summed E-state index contributed by atoms with van der Waals surface area (Å²) in [5.74, 6) is 0. The van der Waals surface area contributed by atoms with Crippen LogP contribution in [-0.4, -0.2) is 16.0 Å². The fraction of sp³-hybridized carbons (Fsp3) is 0.412. The van der Waals surface area contributed by atoms with Gasteiger partial charge in [-0.25, -0.2) is 0 Å². The molecular weight excluding hydrogens is 232 g/mol. The standard InChI is InChI=1S/C17H22N2/c1-3-9-16(10-4-1)17-11-5-2-6-14-19(17)15-18-12-7-8-13-18/h1,3-4,7-10,12-13,17H,2,5-6,11,14-15H2. The molecular formula is C17H22N2. The lowest BCUT2D eigenvalue weighted by Crippen LogP contribution is -2.30. The Morgan fingerprint density at radius 3 is 2.47 bits per heavy atom. The summed E-state index contributed by atoms with van der Waals surface area (Å²) in [6.45, 7) is 2.21. The summed E-state index contributed by atoms with van der Waals surface area (Å²) in [5, 5.41) is 0. The summed E-state index contributed by atoms with van der Waals surface area (Å²) >= 11 is 0. The minimum atomic E-state index is 0.575. The Hall–Kier alpha value is -1.54. The average Bonchev–Trinajstić information content (AvgIpc) is 2.85. The van der Waals surface area contributed by atoms with Gasteiger partial charge in [0, 0.05) is 25.0 Å². The lowest BCUT2D eigenvalue weighted by molar-refractivity contribution is 0.155. The van der Waals surface area contributed by atoms with Crippen LogP contribution in [0.2, 0.25) is 0 Å². The van der Waals surface area contributed by atoms with Crippen LogP contribution >= 0.6 is 0 Å². The number of likely N-dealkylation sites (tertiary alicyclic amines) is 1. The van der Waals surface area contributed by atoms with Crippen molar-refractivity contribution in [2.75, 3.05) is 6.54 Å². The molecule has 0 saturated carbocycles. The van der Waals surface area contributed by atoms with E-state index >= 15 is 0 Å². The van der Waals surface area contributed by atoms with Gasteiger partial charge in [-0.3, -0.25) is 4.90 Å². The first kappa shape index (κ1) is 12.5. The molecule has 0 N–H and O–H groups in total. The Morgan fingerprint density at radius 2 is 1.68 bits per heavy atom. The van der Waals surface area contributed by atoms with Crippen LogP contribution in [0.3, 0.4) is 0 Å². The highest BCUT2D eigenvalue weighted by atomic mass is 15.3. The number of hydrogen-bond donors (Lipinski definition) is 0. The molecule has 2 heterocycles. The zero-order valence-corrected chi connectivity index (χ0v) is 11.4. The molecule has 1 atom stereocenters. The van der Waals surface area contributed by atoms with Gasteiger partial charge in [0.15, 0.2) is 0 Å². The van der Waals surface area contributed by atoms with Gasteiger partial charge < -0.3 is 4.57 Å². The van der Waals surface area contributed by atoms with Crippen molar-refractivity contribution >= 4 is 0 Å². The predicted octanol–water partition coefficient (Wildman–Crippen LogP) is 4.06. The zero-order valence-electron chi connectivity index (χ0n) is 11.4. The first-order valence-corrected chi connectivity index (χ1v) is 7.33. The van der Waals surface area contributed by atoms with Crippen LogP contribution in [-0.2, 0) is 6.67 Å². The average molecular weight is 254 g/mol. The van der Waals surface area contributed by atoms with E-state index in [2.05, 4.69) is 64.3 Å². The Bertz CT molecular complexity index is 475. The van der Waals surface area contributed by atoms with Crippen molar-refractivity contribution in [3.05, 3.63) is 60.4 Å². The van der Waals surface area contributed by atoms with Crippen molar-refractivity contribution in [1.82, 2.24) is 9.47 Å². The maximum atomic E-state index is 2.63. The molecule has 1 aliphatic heterocycles. The van der Waals surface area contributed by atoms with Crippen LogP contribution in [0.1, 0.15) is 37.3 Å². The van der Waals surface area contributed by atoms with Crippen LogP contribution in [0, 0.1) is 0 Å². The molecule has 0 aliphatic carbocycles. The third-order valence-corrected chi connectivity index (χ3v) is 4.06. The van der Waals surface area contributed by atoms with Crippen molar-refractivity contribution in [2.24, 2.45) is 0 Å². The fourth-order valence-corrected chi connectivity index (χ4v) is 3.06. The Balaban J connectivity index is 1.81. The first-order chi connectivity index (χ1) is 9.43. The molecule has 1 aromatic carbocycles. The van der Waals surface area contributed by atoms with Crippen LogP contribution < -0.4 is 0 Å². The van der Waals surface area contributed by atoms with Crippen molar-refractivity contribution < 1.29 is 0 Å². The molecule has 1 fully saturated rings. The highest BCUT2D eigenvalue weighted by molar-refractivity contribution is 5.19. The van der Waals surface area contributed by atoms with E-state index in [-0.39, 0.29) is 0 Å². The summed E-state index contributed by atoms with van der Waals surface area (Å²) in [6, 6.07) is 15.8.